The molecule has 0 fully saturated rings. The molecule has 1 aromatic heterocycles. The van der Waals surface area contributed by atoms with Crippen LogP contribution in [0, 0.1) is 0 Å². The van der Waals surface area contributed by atoms with Crippen molar-refractivity contribution in [3.63, 3.8) is 0 Å². The Morgan fingerprint density at radius 1 is 0.304 bits per heavy atom. The standard InChI is InChI=1S/C77H50N2/c1-75(2)59-28-9-3-20-51(59)54-45-44-49(46-68(54)75)78(71-39-19-35-66-73(71)58-25-7-13-32-63(58)76(66)60-29-10-4-21-52(60)53-22-5-11-30-61(53)76)48-42-40-47(41-43-48)50-26-17-34-65-72(50)57-24-6-12-31-62(57)77(65)64-33-14-16-38-70(64)79-69-37-15-8-23-55(69)56-27-18-36-67(77)74(56)79/h3-46H,1-2H3. The minimum atomic E-state index is -0.526. The van der Waals surface area contributed by atoms with Crippen molar-refractivity contribution in [1.29, 1.82) is 0 Å². The molecule has 2 heteroatoms. The Hall–Kier alpha value is -9.76. The summed E-state index contributed by atoms with van der Waals surface area (Å²) < 4.78 is 2.53. The minimum Gasteiger partial charge on any atom is -0.310 e. The number of hydrogen-bond donors (Lipinski definition) is 0. The summed E-state index contributed by atoms with van der Waals surface area (Å²) in [4.78, 5) is 2.56. The second kappa shape index (κ2) is 15.2. The van der Waals surface area contributed by atoms with E-state index in [-0.39, 0.29) is 5.41 Å². The molecule has 0 saturated carbocycles. The van der Waals surface area contributed by atoms with Gasteiger partial charge in [-0.1, -0.05) is 238 Å². The summed E-state index contributed by atoms with van der Waals surface area (Å²) in [5, 5.41) is 2.58. The summed E-state index contributed by atoms with van der Waals surface area (Å²) in [6, 6.07) is 102. The number of fused-ring (bicyclic) bond motifs is 25. The van der Waals surface area contributed by atoms with Gasteiger partial charge in [-0.25, -0.2) is 0 Å². The zero-order chi connectivity index (χ0) is 51.9. The average molecular weight is 1000 g/mol. The van der Waals surface area contributed by atoms with Crippen LogP contribution in [0.4, 0.5) is 17.1 Å². The summed E-state index contributed by atoms with van der Waals surface area (Å²) in [5.41, 5.74) is 32.3. The SMILES string of the molecule is CC1(C)c2ccccc2-c2ccc(N(c3ccc(-c4cccc5c4-c4ccccc4C54c5ccccc5-n5c6ccccc6c6cccc4c65)cc3)c3cccc4c3-c3ccccc3C43c4ccccc4-c4ccccc43)cc21. The smallest absolute Gasteiger partial charge is 0.0754 e. The molecule has 0 radical (unpaired) electrons. The lowest BCUT2D eigenvalue weighted by Crippen LogP contribution is -2.33. The lowest BCUT2D eigenvalue weighted by atomic mass is 9.65. The minimum absolute atomic E-state index is 0.174. The van der Waals surface area contributed by atoms with Crippen molar-refractivity contribution in [1.82, 2.24) is 4.57 Å². The Kier molecular flexibility index (Phi) is 8.37. The monoisotopic (exact) mass is 1000 g/mol. The van der Waals surface area contributed by atoms with Crippen molar-refractivity contribution in [3.8, 4) is 61.3 Å². The summed E-state index contributed by atoms with van der Waals surface area (Å²) in [6.45, 7) is 4.78. The molecular weight excluding hydrogens is 953 g/mol. The highest BCUT2D eigenvalue weighted by molar-refractivity contribution is 6.13. The molecule has 5 aliphatic rings. The number of anilines is 3. The molecule has 1 unspecified atom stereocenters. The fraction of sp³-hybridized carbons (Fsp3) is 0.0649. The third-order valence-corrected chi connectivity index (χ3v) is 19.2. The van der Waals surface area contributed by atoms with Crippen LogP contribution < -0.4 is 4.90 Å². The highest BCUT2D eigenvalue weighted by Gasteiger charge is 2.54. The number of nitrogens with zero attached hydrogens (tertiary/aromatic N) is 2. The second-order valence-corrected chi connectivity index (χ2v) is 23.0. The molecule has 0 N–H and O–H groups in total. The predicted molar refractivity (Wildman–Crippen MR) is 326 cm³/mol. The van der Waals surface area contributed by atoms with Crippen molar-refractivity contribution in [3.05, 3.63) is 323 Å². The maximum Gasteiger partial charge on any atom is 0.0754 e. The molecule has 13 aromatic rings. The van der Waals surface area contributed by atoms with Crippen LogP contribution >= 0.6 is 0 Å². The van der Waals surface area contributed by atoms with E-state index in [1.165, 1.54) is 144 Å². The lowest BCUT2D eigenvalue weighted by Gasteiger charge is -2.39. The Bertz CT molecular complexity index is 4790. The molecule has 2 heterocycles. The van der Waals surface area contributed by atoms with Crippen LogP contribution in [0.25, 0.3) is 83.1 Å². The molecular formula is C77H50N2. The molecule has 0 amide bonds. The van der Waals surface area contributed by atoms with Gasteiger partial charge in [0.15, 0.2) is 0 Å². The zero-order valence-corrected chi connectivity index (χ0v) is 43.8. The van der Waals surface area contributed by atoms with Gasteiger partial charge in [0.25, 0.3) is 0 Å². The summed E-state index contributed by atoms with van der Waals surface area (Å²) in [5.74, 6) is 0. The van der Waals surface area contributed by atoms with Crippen LogP contribution in [-0.4, -0.2) is 4.57 Å². The maximum absolute atomic E-state index is 2.56. The van der Waals surface area contributed by atoms with Crippen molar-refractivity contribution in [2.24, 2.45) is 0 Å². The topological polar surface area (TPSA) is 8.17 Å². The van der Waals surface area contributed by atoms with E-state index in [4.69, 9.17) is 0 Å². The quantitative estimate of drug-likeness (QED) is 0.171. The largest absolute Gasteiger partial charge is 0.310 e. The molecule has 368 valence electrons. The number of rotatable bonds is 4. The Balaban J connectivity index is 0.857. The van der Waals surface area contributed by atoms with E-state index in [2.05, 4.69) is 290 Å². The molecule has 12 aromatic carbocycles. The van der Waals surface area contributed by atoms with Crippen LogP contribution in [0.15, 0.2) is 267 Å². The van der Waals surface area contributed by atoms with Crippen molar-refractivity contribution >= 4 is 38.9 Å². The number of aromatic nitrogens is 1. The van der Waals surface area contributed by atoms with Gasteiger partial charge in [0.2, 0.25) is 0 Å². The number of benzene rings is 12. The second-order valence-electron chi connectivity index (χ2n) is 23.0. The third-order valence-electron chi connectivity index (χ3n) is 19.2. The first-order chi connectivity index (χ1) is 39.0. The van der Waals surface area contributed by atoms with Crippen molar-refractivity contribution in [2.45, 2.75) is 30.1 Å². The van der Waals surface area contributed by atoms with Gasteiger partial charge in [-0.3, -0.25) is 0 Å². The van der Waals surface area contributed by atoms with Crippen LogP contribution in [-0.2, 0) is 16.2 Å². The molecule has 2 spiro atoms. The molecule has 2 nitrogen and oxygen atoms in total. The van der Waals surface area contributed by atoms with Crippen LogP contribution in [0.5, 0.6) is 0 Å². The molecule has 18 rings (SSSR count). The van der Waals surface area contributed by atoms with Crippen LogP contribution in [0.3, 0.4) is 0 Å². The van der Waals surface area contributed by atoms with Gasteiger partial charge in [-0.05, 0) is 148 Å². The van der Waals surface area contributed by atoms with Crippen LogP contribution in [0.1, 0.15) is 69.5 Å². The van der Waals surface area contributed by atoms with Crippen molar-refractivity contribution < 1.29 is 0 Å². The van der Waals surface area contributed by atoms with E-state index in [9.17, 15) is 0 Å². The summed E-state index contributed by atoms with van der Waals surface area (Å²) in [6.07, 6.45) is 0. The Morgan fingerprint density at radius 3 is 1.47 bits per heavy atom. The number of para-hydroxylation sites is 3. The van der Waals surface area contributed by atoms with Gasteiger partial charge in [-0.15, -0.1) is 0 Å². The van der Waals surface area contributed by atoms with Gasteiger partial charge < -0.3 is 9.47 Å². The molecule has 0 bridgehead atoms. The predicted octanol–water partition coefficient (Wildman–Crippen LogP) is 19.2. The summed E-state index contributed by atoms with van der Waals surface area (Å²) >= 11 is 0. The van der Waals surface area contributed by atoms with Gasteiger partial charge in [0, 0.05) is 33.1 Å². The van der Waals surface area contributed by atoms with E-state index in [0.717, 1.165) is 11.4 Å². The van der Waals surface area contributed by atoms with Gasteiger partial charge in [0.05, 0.1) is 33.2 Å². The summed E-state index contributed by atoms with van der Waals surface area (Å²) in [7, 11) is 0. The molecule has 0 saturated heterocycles. The first kappa shape index (κ1) is 43.4. The zero-order valence-electron chi connectivity index (χ0n) is 43.8. The van der Waals surface area contributed by atoms with Crippen LogP contribution in [0.2, 0.25) is 0 Å². The first-order valence-electron chi connectivity index (χ1n) is 27.9. The maximum atomic E-state index is 2.56. The van der Waals surface area contributed by atoms with Crippen molar-refractivity contribution in [2.75, 3.05) is 4.90 Å². The van der Waals surface area contributed by atoms with Gasteiger partial charge >= 0.3 is 0 Å². The normalized spacial score (nSPS) is 16.2. The average Bonchev–Trinajstić information content (AvgIpc) is 2.68. The third kappa shape index (κ3) is 5.19. The highest BCUT2D eigenvalue weighted by Crippen LogP contribution is 2.66. The van der Waals surface area contributed by atoms with E-state index in [0.29, 0.717) is 0 Å². The first-order valence-corrected chi connectivity index (χ1v) is 27.9. The Labute approximate surface area is 459 Å². The fourth-order valence-electron chi connectivity index (χ4n) is 16.2. The Morgan fingerprint density at radius 2 is 0.759 bits per heavy atom. The lowest BCUT2D eigenvalue weighted by molar-refractivity contribution is 0.660. The van der Waals surface area contributed by atoms with Gasteiger partial charge in [-0.2, -0.15) is 0 Å². The fourth-order valence-corrected chi connectivity index (χ4v) is 16.2. The highest BCUT2D eigenvalue weighted by atomic mass is 15.1. The van der Waals surface area contributed by atoms with Gasteiger partial charge in [0.1, 0.15) is 0 Å². The van der Waals surface area contributed by atoms with E-state index in [1.807, 2.05) is 0 Å². The van der Waals surface area contributed by atoms with E-state index in [1.54, 1.807) is 0 Å². The van der Waals surface area contributed by atoms with E-state index < -0.39 is 10.8 Å². The molecule has 1 aliphatic heterocycles. The number of hydrogen-bond acceptors (Lipinski definition) is 1. The molecule has 79 heavy (non-hydrogen) atoms. The molecule has 4 aliphatic carbocycles. The van der Waals surface area contributed by atoms with E-state index >= 15 is 0 Å². The molecule has 1 atom stereocenters.